The van der Waals surface area contributed by atoms with Crippen molar-refractivity contribution in [3.8, 4) is 0 Å². The zero-order valence-corrected chi connectivity index (χ0v) is 20.2. The monoisotopic (exact) mass is 501 g/mol. The third kappa shape index (κ3) is 5.54. The molecule has 0 aliphatic heterocycles. The second-order valence-corrected chi connectivity index (χ2v) is 8.93. The first-order valence-corrected chi connectivity index (χ1v) is 11.5. The van der Waals surface area contributed by atoms with Gasteiger partial charge in [0.2, 0.25) is 5.91 Å². The van der Waals surface area contributed by atoms with Gasteiger partial charge >= 0.3 is 0 Å². The van der Waals surface area contributed by atoms with Gasteiger partial charge in [-0.3, -0.25) is 9.59 Å². The van der Waals surface area contributed by atoms with Crippen LogP contribution in [0.3, 0.4) is 0 Å². The van der Waals surface area contributed by atoms with Crippen LogP contribution in [0.2, 0.25) is 0 Å². The number of benzene rings is 2. The first kappa shape index (κ1) is 23.0. The molecule has 0 bridgehead atoms. The molecule has 0 radical (unpaired) electrons. The molecule has 1 aromatic heterocycles. The highest BCUT2D eigenvalue weighted by molar-refractivity contribution is 9.10. The fraction of sp³-hybridized carbons (Fsp3) is 0.273. The van der Waals surface area contributed by atoms with Crippen LogP contribution in [-0.4, -0.2) is 32.3 Å². The molecule has 0 atom stereocenters. The van der Waals surface area contributed by atoms with Gasteiger partial charge in [0.25, 0.3) is 5.91 Å². The fourth-order valence-corrected chi connectivity index (χ4v) is 4.11. The van der Waals surface area contributed by atoms with Crippen molar-refractivity contribution in [2.45, 2.75) is 32.5 Å². The van der Waals surface area contributed by atoms with E-state index in [0.29, 0.717) is 16.5 Å². The summed E-state index contributed by atoms with van der Waals surface area (Å²) in [6.45, 7) is 6.13. The van der Waals surface area contributed by atoms with E-state index < -0.39 is 0 Å². The van der Waals surface area contributed by atoms with E-state index in [1.54, 1.807) is 10.6 Å². The van der Waals surface area contributed by atoms with Gasteiger partial charge < -0.3 is 15.2 Å². The molecule has 162 valence electrons. The molecule has 0 aliphatic rings. The molecule has 0 unspecified atom stereocenters. The lowest BCUT2D eigenvalue weighted by atomic mass is 10.1. The molecule has 0 spiro atoms. The Hall–Kier alpha value is -2.65. The Bertz CT molecular complexity index is 1130. The summed E-state index contributed by atoms with van der Waals surface area (Å²) >= 11 is 4.79. The van der Waals surface area contributed by atoms with E-state index in [1.165, 1.54) is 11.8 Å². The highest BCUT2D eigenvalue weighted by Gasteiger charge is 2.14. The number of aromatic nitrogens is 3. The second kappa shape index (κ2) is 10.1. The number of halogens is 1. The largest absolute Gasteiger partial charge is 0.345 e. The van der Waals surface area contributed by atoms with Crippen molar-refractivity contribution in [3.63, 3.8) is 0 Å². The van der Waals surface area contributed by atoms with Crippen molar-refractivity contribution in [2.24, 2.45) is 7.05 Å². The Morgan fingerprint density at radius 2 is 1.81 bits per heavy atom. The summed E-state index contributed by atoms with van der Waals surface area (Å²) in [6, 6.07) is 11.2. The molecule has 0 aliphatic carbocycles. The third-order valence-corrected chi connectivity index (χ3v) is 6.93. The minimum absolute atomic E-state index is 0.118. The Kier molecular flexibility index (Phi) is 7.50. The average molecular weight is 502 g/mol. The topological polar surface area (TPSA) is 88.9 Å². The second-order valence-electron chi connectivity index (χ2n) is 7.14. The highest BCUT2D eigenvalue weighted by atomic mass is 79.9. The van der Waals surface area contributed by atoms with Crippen molar-refractivity contribution in [3.05, 3.63) is 68.9 Å². The average Bonchev–Trinajstić information content (AvgIpc) is 3.10. The molecule has 3 rings (SSSR count). The van der Waals surface area contributed by atoms with Crippen molar-refractivity contribution in [2.75, 3.05) is 11.1 Å². The lowest BCUT2D eigenvalue weighted by molar-refractivity contribution is -0.113. The molecule has 31 heavy (non-hydrogen) atoms. The molecular formula is C22H24BrN5O2S. The van der Waals surface area contributed by atoms with Crippen LogP contribution >= 0.6 is 27.7 Å². The van der Waals surface area contributed by atoms with E-state index in [0.717, 1.165) is 26.9 Å². The summed E-state index contributed by atoms with van der Waals surface area (Å²) in [7, 11) is 1.82. The first-order valence-electron chi connectivity index (χ1n) is 9.68. The Morgan fingerprint density at radius 3 is 2.55 bits per heavy atom. The normalized spacial score (nSPS) is 10.7. The van der Waals surface area contributed by atoms with Crippen LogP contribution in [0, 0.1) is 20.8 Å². The summed E-state index contributed by atoms with van der Waals surface area (Å²) in [5.74, 6) is 0.544. The number of aryl methyl sites for hydroxylation is 1. The van der Waals surface area contributed by atoms with Crippen molar-refractivity contribution >= 4 is 45.2 Å². The standard InChI is InChI=1S/C22H24BrN5O2S/c1-13-7-5-6-8-16(13)21(30)24-11-19-26-27-22(28(19)4)31-12-20(29)25-18-10-9-17(23)14(2)15(18)3/h5-10H,11-12H2,1-4H3,(H,24,30)(H,25,29). The predicted molar refractivity (Wildman–Crippen MR) is 126 cm³/mol. The summed E-state index contributed by atoms with van der Waals surface area (Å²) < 4.78 is 2.80. The minimum atomic E-state index is -0.158. The van der Waals surface area contributed by atoms with Gasteiger partial charge in [-0.1, -0.05) is 45.9 Å². The number of carbonyl (C=O) groups is 2. The van der Waals surface area contributed by atoms with Crippen LogP contribution in [0.4, 0.5) is 5.69 Å². The lowest BCUT2D eigenvalue weighted by Gasteiger charge is -2.11. The number of nitrogens with one attached hydrogen (secondary N) is 2. The Balaban J connectivity index is 1.55. The van der Waals surface area contributed by atoms with Gasteiger partial charge in [0.1, 0.15) is 0 Å². The summed E-state index contributed by atoms with van der Waals surface area (Å²) in [4.78, 5) is 24.8. The van der Waals surface area contributed by atoms with E-state index in [2.05, 4.69) is 36.8 Å². The van der Waals surface area contributed by atoms with E-state index in [9.17, 15) is 9.59 Å². The van der Waals surface area contributed by atoms with Crippen LogP contribution in [0.1, 0.15) is 32.9 Å². The summed E-state index contributed by atoms with van der Waals surface area (Å²) in [5, 5.41) is 14.7. The van der Waals surface area contributed by atoms with E-state index in [4.69, 9.17) is 0 Å². The lowest BCUT2D eigenvalue weighted by Crippen LogP contribution is -2.25. The van der Waals surface area contributed by atoms with Gasteiger partial charge in [-0.15, -0.1) is 10.2 Å². The molecule has 1 heterocycles. The smallest absolute Gasteiger partial charge is 0.251 e. The zero-order chi connectivity index (χ0) is 22.5. The summed E-state index contributed by atoms with van der Waals surface area (Å²) in [6.07, 6.45) is 0. The van der Waals surface area contributed by atoms with Crippen LogP contribution < -0.4 is 10.6 Å². The SMILES string of the molecule is Cc1ccccc1C(=O)NCc1nnc(SCC(=O)Nc2ccc(Br)c(C)c2C)n1C. The molecule has 9 heteroatoms. The van der Waals surface area contributed by atoms with Gasteiger partial charge in [0.05, 0.1) is 12.3 Å². The highest BCUT2D eigenvalue weighted by Crippen LogP contribution is 2.26. The number of hydrogen-bond acceptors (Lipinski definition) is 5. The number of rotatable bonds is 7. The number of amides is 2. The number of thioether (sulfide) groups is 1. The van der Waals surface area contributed by atoms with E-state index in [1.807, 2.05) is 58.2 Å². The number of carbonyl (C=O) groups excluding carboxylic acids is 2. The fourth-order valence-electron chi connectivity index (χ4n) is 2.95. The maximum atomic E-state index is 12.4. The number of anilines is 1. The van der Waals surface area contributed by atoms with Crippen molar-refractivity contribution in [1.82, 2.24) is 20.1 Å². The maximum Gasteiger partial charge on any atom is 0.251 e. The van der Waals surface area contributed by atoms with Crippen LogP contribution in [0.15, 0.2) is 46.0 Å². The summed E-state index contributed by atoms with van der Waals surface area (Å²) in [5.41, 5.74) is 4.46. The molecule has 2 N–H and O–H groups in total. The Labute approximate surface area is 194 Å². The number of nitrogens with zero attached hydrogens (tertiary/aromatic N) is 3. The molecule has 2 aromatic carbocycles. The van der Waals surface area contributed by atoms with Gasteiger partial charge in [0, 0.05) is 22.8 Å². The molecule has 0 saturated carbocycles. The molecule has 3 aromatic rings. The number of hydrogen-bond donors (Lipinski definition) is 2. The van der Waals surface area contributed by atoms with E-state index >= 15 is 0 Å². The van der Waals surface area contributed by atoms with Crippen molar-refractivity contribution in [1.29, 1.82) is 0 Å². The van der Waals surface area contributed by atoms with Gasteiger partial charge in [-0.25, -0.2) is 0 Å². The van der Waals surface area contributed by atoms with Crippen LogP contribution in [0.25, 0.3) is 0 Å². The predicted octanol–water partition coefficient (Wildman–Crippen LogP) is 4.16. The van der Waals surface area contributed by atoms with Gasteiger partial charge in [-0.05, 0) is 55.7 Å². The quantitative estimate of drug-likeness (QED) is 0.474. The molecule has 2 amide bonds. The molecule has 0 saturated heterocycles. The zero-order valence-electron chi connectivity index (χ0n) is 17.8. The first-order chi connectivity index (χ1) is 14.8. The van der Waals surface area contributed by atoms with Gasteiger partial charge in [-0.2, -0.15) is 0 Å². The Morgan fingerprint density at radius 1 is 1.06 bits per heavy atom. The van der Waals surface area contributed by atoms with Crippen LogP contribution in [0.5, 0.6) is 0 Å². The van der Waals surface area contributed by atoms with Crippen molar-refractivity contribution < 1.29 is 9.59 Å². The third-order valence-electron chi connectivity index (χ3n) is 5.05. The molecule has 7 nitrogen and oxygen atoms in total. The molecule has 0 fully saturated rings. The van der Waals surface area contributed by atoms with E-state index in [-0.39, 0.29) is 24.1 Å². The van der Waals surface area contributed by atoms with Gasteiger partial charge in [0.15, 0.2) is 11.0 Å². The maximum absolute atomic E-state index is 12.4. The van der Waals surface area contributed by atoms with Crippen LogP contribution in [-0.2, 0) is 18.4 Å². The minimum Gasteiger partial charge on any atom is -0.345 e. The molecular weight excluding hydrogens is 478 g/mol.